The molecule has 2 aromatic carbocycles. The molecule has 2 aliphatic rings. The van der Waals surface area contributed by atoms with Crippen LogP contribution in [-0.2, 0) is 14.3 Å². The molecule has 33 heavy (non-hydrogen) atoms. The van der Waals surface area contributed by atoms with E-state index in [1.807, 2.05) is 49.4 Å². The zero-order chi connectivity index (χ0) is 23.6. The first-order chi connectivity index (χ1) is 15.7. The van der Waals surface area contributed by atoms with Crippen molar-refractivity contribution in [2.75, 3.05) is 13.2 Å². The molecule has 4 rings (SSSR count). The van der Waals surface area contributed by atoms with E-state index in [0.717, 1.165) is 17.7 Å². The molecule has 1 heterocycles. The molecule has 1 aliphatic heterocycles. The highest BCUT2D eigenvalue weighted by Crippen LogP contribution is 2.47. The normalized spacial score (nSPS) is 21.8. The number of hydrogen-bond acceptors (Lipinski definition) is 5. The highest BCUT2D eigenvalue weighted by molar-refractivity contribution is 6.30. The number of allylic oxidation sites excluding steroid dienone is 1. The molecule has 2 unspecified atom stereocenters. The zero-order valence-electron chi connectivity index (χ0n) is 19.1. The summed E-state index contributed by atoms with van der Waals surface area (Å²) in [6.07, 6.45) is 1.17. The van der Waals surface area contributed by atoms with Gasteiger partial charge >= 0.3 is 5.97 Å². The SMILES string of the molecule is CC1=C(C(=O)OCCOc2ccccc2)C(c2ccc(Cl)cc2)C2C(=O)CC(C)(C)CC2=N1. The third-order valence-electron chi connectivity index (χ3n) is 6.14. The highest BCUT2D eigenvalue weighted by Gasteiger charge is 2.47. The number of carbonyl (C=O) groups excluding carboxylic acids is 2. The lowest BCUT2D eigenvalue weighted by Crippen LogP contribution is -2.44. The van der Waals surface area contributed by atoms with Gasteiger partial charge in [-0.3, -0.25) is 9.79 Å². The fraction of sp³-hybridized carbons (Fsp3) is 0.370. The van der Waals surface area contributed by atoms with Gasteiger partial charge in [-0.25, -0.2) is 4.79 Å². The van der Waals surface area contributed by atoms with Crippen molar-refractivity contribution < 1.29 is 19.1 Å². The van der Waals surface area contributed by atoms with Crippen LogP contribution in [0.2, 0.25) is 5.02 Å². The van der Waals surface area contributed by atoms with E-state index < -0.39 is 17.8 Å². The summed E-state index contributed by atoms with van der Waals surface area (Å²) in [6.45, 7) is 6.31. The van der Waals surface area contributed by atoms with Gasteiger partial charge in [0.15, 0.2) is 0 Å². The minimum absolute atomic E-state index is 0.0973. The minimum atomic E-state index is -0.468. The Morgan fingerprint density at radius 1 is 1.03 bits per heavy atom. The van der Waals surface area contributed by atoms with E-state index in [4.69, 9.17) is 26.1 Å². The number of ketones is 1. The Bertz CT molecular complexity index is 1100. The number of esters is 1. The Labute approximate surface area is 199 Å². The van der Waals surface area contributed by atoms with E-state index in [1.54, 1.807) is 12.1 Å². The van der Waals surface area contributed by atoms with E-state index in [9.17, 15) is 9.59 Å². The third-order valence-corrected chi connectivity index (χ3v) is 6.39. The Hall–Kier alpha value is -2.92. The van der Waals surface area contributed by atoms with Crippen molar-refractivity contribution in [1.82, 2.24) is 0 Å². The molecule has 0 N–H and O–H groups in total. The van der Waals surface area contributed by atoms with Gasteiger partial charge in [0, 0.05) is 28.8 Å². The molecule has 0 amide bonds. The molecule has 1 aliphatic carbocycles. The summed E-state index contributed by atoms with van der Waals surface area (Å²) in [4.78, 5) is 31.3. The lowest BCUT2D eigenvalue weighted by Gasteiger charge is -2.41. The first-order valence-electron chi connectivity index (χ1n) is 11.2. The molecule has 5 nitrogen and oxygen atoms in total. The second-order valence-corrected chi connectivity index (χ2v) is 9.83. The summed E-state index contributed by atoms with van der Waals surface area (Å²) in [5.74, 6) is -0.558. The van der Waals surface area contributed by atoms with Gasteiger partial charge in [-0.1, -0.05) is 55.8 Å². The number of aliphatic imine (C=N–C) groups is 1. The smallest absolute Gasteiger partial charge is 0.336 e. The molecule has 172 valence electrons. The van der Waals surface area contributed by atoms with Crippen molar-refractivity contribution in [3.63, 3.8) is 0 Å². The van der Waals surface area contributed by atoms with E-state index >= 15 is 0 Å². The van der Waals surface area contributed by atoms with Crippen molar-refractivity contribution in [3.05, 3.63) is 76.5 Å². The maximum atomic E-state index is 13.3. The van der Waals surface area contributed by atoms with E-state index in [1.165, 1.54) is 0 Å². The Morgan fingerprint density at radius 3 is 2.42 bits per heavy atom. The van der Waals surface area contributed by atoms with E-state index in [2.05, 4.69) is 13.8 Å². The quantitative estimate of drug-likeness (QED) is 0.400. The average molecular weight is 466 g/mol. The zero-order valence-corrected chi connectivity index (χ0v) is 19.9. The van der Waals surface area contributed by atoms with Gasteiger partial charge in [0.25, 0.3) is 0 Å². The number of nitrogens with zero attached hydrogens (tertiary/aromatic N) is 1. The number of para-hydroxylation sites is 1. The molecule has 1 fully saturated rings. The van der Waals surface area contributed by atoms with Crippen LogP contribution in [-0.4, -0.2) is 30.7 Å². The summed E-state index contributed by atoms with van der Waals surface area (Å²) < 4.78 is 11.2. The Balaban J connectivity index is 1.60. The Morgan fingerprint density at radius 2 is 1.73 bits per heavy atom. The molecule has 0 bridgehead atoms. The van der Waals surface area contributed by atoms with Gasteiger partial charge in [-0.15, -0.1) is 0 Å². The van der Waals surface area contributed by atoms with Gasteiger partial charge in [0.1, 0.15) is 24.7 Å². The molecule has 0 radical (unpaired) electrons. The van der Waals surface area contributed by atoms with Gasteiger partial charge < -0.3 is 9.47 Å². The summed E-state index contributed by atoms with van der Waals surface area (Å²) in [5, 5.41) is 0.599. The number of hydrogen-bond donors (Lipinski definition) is 0. The standard InChI is InChI=1S/C27H28ClNO4/c1-17-23(26(31)33-14-13-32-20-7-5-4-6-8-20)24(18-9-11-19(28)12-10-18)25-21(29-17)15-27(2,3)16-22(25)30/h4-12,24-25H,13-16H2,1-3H3. The van der Waals surface area contributed by atoms with Crippen LogP contribution in [0.4, 0.5) is 0 Å². The fourth-order valence-electron chi connectivity index (χ4n) is 4.78. The van der Waals surface area contributed by atoms with Crippen LogP contribution in [0.3, 0.4) is 0 Å². The fourth-order valence-corrected chi connectivity index (χ4v) is 4.90. The van der Waals surface area contributed by atoms with Crippen LogP contribution in [0.25, 0.3) is 0 Å². The number of rotatable bonds is 6. The van der Waals surface area contributed by atoms with Crippen LogP contribution in [0, 0.1) is 11.3 Å². The van der Waals surface area contributed by atoms with Gasteiger partial charge in [-0.05, 0) is 48.6 Å². The first kappa shape index (κ1) is 23.2. The molecular formula is C27H28ClNO4. The second-order valence-electron chi connectivity index (χ2n) is 9.39. The van der Waals surface area contributed by atoms with Gasteiger partial charge in [0.05, 0.1) is 11.5 Å². The van der Waals surface area contributed by atoms with Crippen LogP contribution in [0.1, 0.15) is 45.1 Å². The predicted molar refractivity (Wildman–Crippen MR) is 129 cm³/mol. The van der Waals surface area contributed by atoms with Crippen LogP contribution >= 0.6 is 11.6 Å². The molecule has 1 saturated carbocycles. The topological polar surface area (TPSA) is 65.0 Å². The molecule has 0 aromatic heterocycles. The summed E-state index contributed by atoms with van der Waals surface area (Å²) in [5.41, 5.74) is 2.58. The van der Waals surface area contributed by atoms with Crippen LogP contribution in [0.15, 0.2) is 70.9 Å². The third kappa shape index (κ3) is 5.19. The largest absolute Gasteiger partial charge is 0.490 e. The van der Waals surface area contributed by atoms with Crippen molar-refractivity contribution in [2.24, 2.45) is 16.3 Å². The summed E-state index contributed by atoms with van der Waals surface area (Å²) in [6, 6.07) is 16.7. The lowest BCUT2D eigenvalue weighted by molar-refractivity contribution is -0.140. The molecular weight excluding hydrogens is 438 g/mol. The highest BCUT2D eigenvalue weighted by atomic mass is 35.5. The van der Waals surface area contributed by atoms with E-state index in [0.29, 0.717) is 28.5 Å². The number of carbonyl (C=O) groups is 2. The maximum absolute atomic E-state index is 13.3. The monoisotopic (exact) mass is 465 g/mol. The number of Topliss-reactive ketones (excluding diaryl/α,β-unsaturated/α-hetero) is 1. The second kappa shape index (κ2) is 9.52. The molecule has 2 aromatic rings. The first-order valence-corrected chi connectivity index (χ1v) is 11.5. The number of fused-ring (bicyclic) bond motifs is 1. The summed E-state index contributed by atoms with van der Waals surface area (Å²) in [7, 11) is 0. The lowest BCUT2D eigenvalue weighted by atomic mass is 9.63. The van der Waals surface area contributed by atoms with Gasteiger partial charge in [-0.2, -0.15) is 0 Å². The molecule has 6 heteroatoms. The van der Waals surface area contributed by atoms with Gasteiger partial charge in [0.2, 0.25) is 0 Å². The number of ether oxygens (including phenoxy) is 2. The van der Waals surface area contributed by atoms with Crippen molar-refractivity contribution in [1.29, 1.82) is 0 Å². The number of halogens is 1. The van der Waals surface area contributed by atoms with Crippen LogP contribution in [0.5, 0.6) is 5.75 Å². The van der Waals surface area contributed by atoms with Crippen molar-refractivity contribution in [2.45, 2.75) is 39.5 Å². The predicted octanol–water partition coefficient (Wildman–Crippen LogP) is 5.78. The Kier molecular flexibility index (Phi) is 6.71. The average Bonchev–Trinajstić information content (AvgIpc) is 2.76. The van der Waals surface area contributed by atoms with Crippen molar-refractivity contribution >= 4 is 29.1 Å². The molecule has 2 atom stereocenters. The van der Waals surface area contributed by atoms with E-state index in [-0.39, 0.29) is 24.4 Å². The number of benzene rings is 2. The van der Waals surface area contributed by atoms with Crippen molar-refractivity contribution in [3.8, 4) is 5.75 Å². The summed E-state index contributed by atoms with van der Waals surface area (Å²) >= 11 is 6.11. The minimum Gasteiger partial charge on any atom is -0.490 e. The maximum Gasteiger partial charge on any atom is 0.336 e. The molecule has 0 saturated heterocycles. The molecule has 0 spiro atoms. The van der Waals surface area contributed by atoms with Crippen LogP contribution < -0.4 is 4.74 Å².